The van der Waals surface area contributed by atoms with Gasteiger partial charge in [0.05, 0.1) is 14.2 Å². The topological polar surface area (TPSA) is 84.9 Å². The number of benzene rings is 2. The highest BCUT2D eigenvalue weighted by Gasteiger charge is 2.22. The van der Waals surface area contributed by atoms with E-state index in [0.29, 0.717) is 17.1 Å². The zero-order valence-electron chi connectivity index (χ0n) is 13.3. The molecular weight excluding hydrogens is 298 g/mol. The largest absolute Gasteiger partial charge is 0.497 e. The molecule has 1 atom stereocenters. The number of amides is 1. The maximum atomic E-state index is 11.4. The molecule has 6 heteroatoms. The maximum absolute atomic E-state index is 11.4. The van der Waals surface area contributed by atoms with Crippen molar-refractivity contribution in [2.75, 3.05) is 14.2 Å². The molecule has 122 valence electrons. The number of methoxy groups -OCH3 is 2. The Kier molecular flexibility index (Phi) is 5.05. The van der Waals surface area contributed by atoms with Gasteiger partial charge in [-0.15, -0.1) is 0 Å². The number of fused-ring (bicyclic) bond motifs is 1. The number of carboxylic acids is 1. The molecule has 0 saturated carbocycles. The molecule has 0 aliphatic carbocycles. The van der Waals surface area contributed by atoms with Crippen molar-refractivity contribution < 1.29 is 24.2 Å². The van der Waals surface area contributed by atoms with Gasteiger partial charge in [0.2, 0.25) is 5.91 Å². The Morgan fingerprint density at radius 3 is 2.43 bits per heavy atom. The minimum atomic E-state index is -1.10. The van der Waals surface area contributed by atoms with Crippen LogP contribution in [0.3, 0.4) is 0 Å². The van der Waals surface area contributed by atoms with Gasteiger partial charge in [-0.1, -0.05) is 12.1 Å². The highest BCUT2D eigenvalue weighted by atomic mass is 16.5. The lowest BCUT2D eigenvalue weighted by atomic mass is 9.97. The summed E-state index contributed by atoms with van der Waals surface area (Å²) in [5.41, 5.74) is 0.713. The molecule has 6 nitrogen and oxygen atoms in total. The lowest BCUT2D eigenvalue weighted by Crippen LogP contribution is -2.41. The number of carbonyl (C=O) groups excluding carboxylic acids is 1. The van der Waals surface area contributed by atoms with Crippen LogP contribution in [-0.4, -0.2) is 37.2 Å². The molecule has 0 aliphatic rings. The van der Waals surface area contributed by atoms with Gasteiger partial charge in [-0.3, -0.25) is 4.79 Å². The Balaban J connectivity index is 2.55. The fourth-order valence-corrected chi connectivity index (χ4v) is 2.52. The molecule has 0 bridgehead atoms. The number of ether oxygens (including phenoxy) is 2. The van der Waals surface area contributed by atoms with E-state index < -0.39 is 17.9 Å². The molecule has 2 aromatic carbocycles. The summed E-state index contributed by atoms with van der Waals surface area (Å²) in [7, 11) is 3.09. The van der Waals surface area contributed by atoms with E-state index >= 15 is 0 Å². The van der Waals surface area contributed by atoms with Gasteiger partial charge in [0.25, 0.3) is 0 Å². The summed E-state index contributed by atoms with van der Waals surface area (Å²) in [6.45, 7) is 1.29. The molecule has 0 saturated heterocycles. The molecule has 0 radical (unpaired) electrons. The summed E-state index contributed by atoms with van der Waals surface area (Å²) >= 11 is 0. The van der Waals surface area contributed by atoms with Gasteiger partial charge >= 0.3 is 5.97 Å². The Hall–Kier alpha value is -2.76. The maximum Gasteiger partial charge on any atom is 0.326 e. The average molecular weight is 317 g/mol. The second kappa shape index (κ2) is 7.00. The van der Waals surface area contributed by atoms with Gasteiger partial charge in [-0.25, -0.2) is 4.79 Å². The first-order chi connectivity index (χ1) is 11.0. The average Bonchev–Trinajstić information content (AvgIpc) is 2.53. The summed E-state index contributed by atoms with van der Waals surface area (Å²) in [6.07, 6.45) is 0.114. The first-order valence-corrected chi connectivity index (χ1v) is 7.09. The summed E-state index contributed by atoms with van der Waals surface area (Å²) < 4.78 is 10.6. The van der Waals surface area contributed by atoms with Crippen molar-refractivity contribution in [1.29, 1.82) is 0 Å². The van der Waals surface area contributed by atoms with E-state index in [1.165, 1.54) is 14.0 Å². The predicted octanol–water partition coefficient (Wildman–Crippen LogP) is 1.99. The monoisotopic (exact) mass is 317 g/mol. The summed E-state index contributed by atoms with van der Waals surface area (Å²) in [6, 6.07) is 8.21. The standard InChI is InChI=1S/C17H19NO5/c1-10(19)18-15(17(20)21)9-14-13-8-12(22-2)6-4-11(13)5-7-16(14)23-3/h4-8,15H,9H2,1-3H3,(H,18,19)(H,20,21). The molecule has 2 aromatic rings. The molecule has 0 fully saturated rings. The Morgan fingerprint density at radius 2 is 1.87 bits per heavy atom. The minimum Gasteiger partial charge on any atom is -0.497 e. The van der Waals surface area contributed by atoms with Crippen LogP contribution in [0, 0.1) is 0 Å². The van der Waals surface area contributed by atoms with E-state index in [1.54, 1.807) is 13.2 Å². The van der Waals surface area contributed by atoms with E-state index in [-0.39, 0.29) is 6.42 Å². The Morgan fingerprint density at radius 1 is 1.17 bits per heavy atom. The van der Waals surface area contributed by atoms with E-state index in [9.17, 15) is 14.7 Å². The van der Waals surface area contributed by atoms with Gasteiger partial charge in [0, 0.05) is 18.9 Å². The summed E-state index contributed by atoms with van der Waals surface area (Å²) in [5.74, 6) is -0.253. The zero-order chi connectivity index (χ0) is 17.0. The molecular formula is C17H19NO5. The first-order valence-electron chi connectivity index (χ1n) is 7.09. The van der Waals surface area contributed by atoms with Crippen LogP contribution in [0.5, 0.6) is 11.5 Å². The van der Waals surface area contributed by atoms with Crippen LogP contribution < -0.4 is 14.8 Å². The summed E-state index contributed by atoms with van der Waals surface area (Å²) in [4.78, 5) is 22.7. The van der Waals surface area contributed by atoms with Crippen LogP contribution in [0.25, 0.3) is 10.8 Å². The van der Waals surface area contributed by atoms with Gasteiger partial charge in [-0.2, -0.15) is 0 Å². The fourth-order valence-electron chi connectivity index (χ4n) is 2.52. The van der Waals surface area contributed by atoms with Crippen molar-refractivity contribution in [3.05, 3.63) is 35.9 Å². The van der Waals surface area contributed by atoms with Crippen LogP contribution in [0.2, 0.25) is 0 Å². The van der Waals surface area contributed by atoms with Crippen molar-refractivity contribution in [3.63, 3.8) is 0 Å². The van der Waals surface area contributed by atoms with Crippen LogP contribution in [0.4, 0.5) is 0 Å². The van der Waals surface area contributed by atoms with Gasteiger partial charge in [0.15, 0.2) is 0 Å². The third kappa shape index (κ3) is 3.71. The summed E-state index contributed by atoms with van der Waals surface area (Å²) in [5, 5.41) is 13.6. The van der Waals surface area contributed by atoms with Crippen molar-refractivity contribution in [2.24, 2.45) is 0 Å². The second-order valence-corrected chi connectivity index (χ2v) is 5.13. The fraction of sp³-hybridized carbons (Fsp3) is 0.294. The normalized spacial score (nSPS) is 11.8. The predicted molar refractivity (Wildman–Crippen MR) is 86.0 cm³/mol. The molecule has 23 heavy (non-hydrogen) atoms. The number of nitrogens with one attached hydrogen (secondary N) is 1. The van der Waals surface area contributed by atoms with Gasteiger partial charge < -0.3 is 19.9 Å². The molecule has 1 amide bonds. The van der Waals surface area contributed by atoms with E-state index in [2.05, 4.69) is 5.32 Å². The molecule has 0 spiro atoms. The Labute approximate surface area is 134 Å². The first kappa shape index (κ1) is 16.6. The highest BCUT2D eigenvalue weighted by molar-refractivity contribution is 5.90. The van der Waals surface area contributed by atoms with E-state index in [4.69, 9.17) is 9.47 Å². The quantitative estimate of drug-likeness (QED) is 0.851. The molecule has 2 rings (SSSR count). The molecule has 0 aliphatic heterocycles. The van der Waals surface area contributed by atoms with Crippen LogP contribution in [0.1, 0.15) is 12.5 Å². The zero-order valence-corrected chi connectivity index (χ0v) is 13.3. The minimum absolute atomic E-state index is 0.114. The van der Waals surface area contributed by atoms with E-state index in [1.807, 2.05) is 24.3 Å². The number of carbonyl (C=O) groups is 2. The second-order valence-electron chi connectivity index (χ2n) is 5.13. The number of rotatable bonds is 6. The van der Waals surface area contributed by atoms with Crippen molar-refractivity contribution >= 4 is 22.6 Å². The van der Waals surface area contributed by atoms with Gasteiger partial charge in [0.1, 0.15) is 17.5 Å². The van der Waals surface area contributed by atoms with Crippen LogP contribution >= 0.6 is 0 Å². The lowest BCUT2D eigenvalue weighted by molar-refractivity contribution is -0.141. The van der Waals surface area contributed by atoms with Crippen LogP contribution in [-0.2, 0) is 16.0 Å². The SMILES string of the molecule is COc1ccc2ccc(OC)c(CC(NC(C)=O)C(=O)O)c2c1. The Bertz CT molecular complexity index is 736. The van der Waals surface area contributed by atoms with Crippen LogP contribution in [0.15, 0.2) is 30.3 Å². The van der Waals surface area contributed by atoms with Crippen molar-refractivity contribution in [2.45, 2.75) is 19.4 Å². The lowest BCUT2D eigenvalue weighted by Gasteiger charge is -2.18. The molecule has 2 N–H and O–H groups in total. The van der Waals surface area contributed by atoms with Crippen molar-refractivity contribution in [1.82, 2.24) is 5.32 Å². The van der Waals surface area contributed by atoms with Crippen molar-refractivity contribution in [3.8, 4) is 11.5 Å². The smallest absolute Gasteiger partial charge is 0.326 e. The third-order valence-corrected chi connectivity index (χ3v) is 3.60. The van der Waals surface area contributed by atoms with Gasteiger partial charge in [-0.05, 0) is 29.0 Å². The number of carboxylic acid groups (broad SMARTS) is 1. The molecule has 0 aromatic heterocycles. The molecule has 1 unspecified atom stereocenters. The number of hydrogen-bond acceptors (Lipinski definition) is 4. The molecule has 0 heterocycles. The number of hydrogen-bond donors (Lipinski definition) is 2. The number of aliphatic carboxylic acids is 1. The van der Waals surface area contributed by atoms with E-state index in [0.717, 1.165) is 10.8 Å². The highest BCUT2D eigenvalue weighted by Crippen LogP contribution is 2.31. The third-order valence-electron chi connectivity index (χ3n) is 3.60.